The second-order valence-corrected chi connectivity index (χ2v) is 3.36. The van der Waals surface area contributed by atoms with Crippen molar-refractivity contribution < 1.29 is 5.11 Å². The van der Waals surface area contributed by atoms with Crippen molar-refractivity contribution in [2.24, 2.45) is 0 Å². The Morgan fingerprint density at radius 2 is 2.31 bits per heavy atom. The van der Waals surface area contributed by atoms with Crippen molar-refractivity contribution in [3.8, 4) is 0 Å². The lowest BCUT2D eigenvalue weighted by Crippen LogP contribution is -1.97. The molecular formula is C10H14ClNO. The monoisotopic (exact) mass is 199 g/mol. The average molecular weight is 200 g/mol. The minimum atomic E-state index is -0.0221. The molecule has 3 heteroatoms. The van der Waals surface area contributed by atoms with Crippen molar-refractivity contribution in [3.05, 3.63) is 28.5 Å². The van der Waals surface area contributed by atoms with Crippen molar-refractivity contribution >= 4 is 11.6 Å². The molecule has 0 unspecified atom stereocenters. The van der Waals surface area contributed by atoms with E-state index in [1.807, 2.05) is 6.07 Å². The van der Waals surface area contributed by atoms with Crippen LogP contribution in [0.1, 0.15) is 30.9 Å². The maximum atomic E-state index is 9.07. The largest absolute Gasteiger partial charge is 0.392 e. The lowest BCUT2D eigenvalue weighted by Gasteiger charge is -2.07. The van der Waals surface area contributed by atoms with Crippen LogP contribution in [0, 0.1) is 0 Å². The van der Waals surface area contributed by atoms with Gasteiger partial charge in [-0.25, -0.2) is 4.98 Å². The number of rotatable bonds is 4. The topological polar surface area (TPSA) is 33.1 Å². The third-order valence-electron chi connectivity index (χ3n) is 2.06. The van der Waals surface area contributed by atoms with Gasteiger partial charge in [0, 0.05) is 11.8 Å². The summed E-state index contributed by atoms with van der Waals surface area (Å²) in [6.07, 6.45) is 4.92. The molecule has 2 nitrogen and oxygen atoms in total. The van der Waals surface area contributed by atoms with Crippen molar-refractivity contribution in [1.82, 2.24) is 4.98 Å². The molecule has 0 radical (unpaired) electrons. The molecule has 0 saturated heterocycles. The molecule has 0 bridgehead atoms. The normalized spacial score (nSPS) is 10.4. The summed E-state index contributed by atoms with van der Waals surface area (Å²) in [7, 11) is 0. The highest BCUT2D eigenvalue weighted by Crippen LogP contribution is 2.18. The SMILES string of the molecule is CCCCc1ccnc(Cl)c1CO. The molecule has 1 rings (SSSR count). The molecule has 0 spiro atoms. The quantitative estimate of drug-likeness (QED) is 0.757. The van der Waals surface area contributed by atoms with Gasteiger partial charge >= 0.3 is 0 Å². The van der Waals surface area contributed by atoms with Gasteiger partial charge in [-0.1, -0.05) is 24.9 Å². The van der Waals surface area contributed by atoms with E-state index in [-0.39, 0.29) is 6.61 Å². The van der Waals surface area contributed by atoms with Gasteiger partial charge in [-0.2, -0.15) is 0 Å². The maximum Gasteiger partial charge on any atom is 0.134 e. The number of aliphatic hydroxyl groups excluding tert-OH is 1. The molecule has 0 aliphatic carbocycles. The van der Waals surface area contributed by atoms with Crippen LogP contribution in [0.2, 0.25) is 5.15 Å². The van der Waals surface area contributed by atoms with Crippen molar-refractivity contribution in [2.75, 3.05) is 0 Å². The molecule has 1 heterocycles. The maximum absolute atomic E-state index is 9.07. The first kappa shape index (κ1) is 10.5. The van der Waals surface area contributed by atoms with Gasteiger partial charge in [0.2, 0.25) is 0 Å². The van der Waals surface area contributed by atoms with Gasteiger partial charge in [0.15, 0.2) is 0 Å². The molecule has 0 aromatic carbocycles. The fourth-order valence-electron chi connectivity index (χ4n) is 1.27. The number of nitrogens with zero attached hydrogens (tertiary/aromatic N) is 1. The van der Waals surface area contributed by atoms with Crippen LogP contribution < -0.4 is 0 Å². The van der Waals surface area contributed by atoms with E-state index in [0.29, 0.717) is 5.15 Å². The molecule has 1 aromatic heterocycles. The molecule has 1 aromatic rings. The van der Waals surface area contributed by atoms with E-state index < -0.39 is 0 Å². The number of aryl methyl sites for hydroxylation is 1. The highest BCUT2D eigenvalue weighted by molar-refractivity contribution is 6.30. The van der Waals surface area contributed by atoms with Gasteiger partial charge < -0.3 is 5.11 Å². The van der Waals surface area contributed by atoms with Gasteiger partial charge in [0.1, 0.15) is 5.15 Å². The molecule has 13 heavy (non-hydrogen) atoms. The second kappa shape index (κ2) is 5.20. The Bertz CT molecular complexity index is 276. The average Bonchev–Trinajstić information content (AvgIpc) is 2.15. The van der Waals surface area contributed by atoms with Crippen molar-refractivity contribution in [3.63, 3.8) is 0 Å². The molecule has 0 aliphatic heterocycles. The van der Waals surface area contributed by atoms with Crippen molar-refractivity contribution in [1.29, 1.82) is 0 Å². The summed E-state index contributed by atoms with van der Waals surface area (Å²) in [5.41, 5.74) is 1.89. The summed E-state index contributed by atoms with van der Waals surface area (Å²) < 4.78 is 0. The van der Waals surface area contributed by atoms with E-state index >= 15 is 0 Å². The van der Waals surface area contributed by atoms with Crippen LogP contribution in [0.5, 0.6) is 0 Å². The van der Waals surface area contributed by atoms with Gasteiger partial charge in [0.05, 0.1) is 6.61 Å². The van der Waals surface area contributed by atoms with Crippen LogP contribution in [0.15, 0.2) is 12.3 Å². The van der Waals surface area contributed by atoms with Crippen LogP contribution in [-0.4, -0.2) is 10.1 Å². The first-order valence-corrected chi connectivity index (χ1v) is 4.90. The fourth-order valence-corrected chi connectivity index (χ4v) is 1.51. The van der Waals surface area contributed by atoms with Crippen LogP contribution in [-0.2, 0) is 13.0 Å². The Morgan fingerprint density at radius 3 is 2.92 bits per heavy atom. The van der Waals surface area contributed by atoms with E-state index in [0.717, 1.165) is 30.4 Å². The molecule has 72 valence electrons. The number of unbranched alkanes of at least 4 members (excludes halogenated alkanes) is 1. The van der Waals surface area contributed by atoms with Crippen LogP contribution >= 0.6 is 11.6 Å². The number of hydrogen-bond donors (Lipinski definition) is 1. The van der Waals surface area contributed by atoms with E-state index in [1.54, 1.807) is 6.20 Å². The fraction of sp³-hybridized carbons (Fsp3) is 0.500. The number of halogens is 1. The van der Waals surface area contributed by atoms with Gasteiger partial charge in [-0.15, -0.1) is 0 Å². The number of hydrogen-bond acceptors (Lipinski definition) is 2. The summed E-state index contributed by atoms with van der Waals surface area (Å²) in [4.78, 5) is 3.92. The minimum absolute atomic E-state index is 0.0221. The Balaban J connectivity index is 2.85. The Kier molecular flexibility index (Phi) is 4.19. The molecular weight excluding hydrogens is 186 g/mol. The standard InChI is InChI=1S/C10H14ClNO/c1-2-3-4-8-5-6-12-10(11)9(8)7-13/h5-6,13H,2-4,7H2,1H3. The zero-order valence-corrected chi connectivity index (χ0v) is 8.51. The molecule has 0 amide bonds. The smallest absolute Gasteiger partial charge is 0.134 e. The van der Waals surface area contributed by atoms with E-state index in [1.165, 1.54) is 0 Å². The Labute approximate surface area is 83.6 Å². The first-order valence-electron chi connectivity index (χ1n) is 4.52. The second-order valence-electron chi connectivity index (χ2n) is 3.00. The van der Waals surface area contributed by atoms with E-state index in [4.69, 9.17) is 16.7 Å². The van der Waals surface area contributed by atoms with Gasteiger partial charge in [-0.3, -0.25) is 0 Å². The summed E-state index contributed by atoms with van der Waals surface area (Å²) >= 11 is 5.84. The summed E-state index contributed by atoms with van der Waals surface area (Å²) in [6.45, 7) is 2.12. The molecule has 1 N–H and O–H groups in total. The lowest BCUT2D eigenvalue weighted by molar-refractivity contribution is 0.280. The number of aliphatic hydroxyl groups is 1. The predicted octanol–water partition coefficient (Wildman–Crippen LogP) is 2.57. The highest BCUT2D eigenvalue weighted by atomic mass is 35.5. The van der Waals surface area contributed by atoms with Gasteiger partial charge in [0.25, 0.3) is 0 Å². The summed E-state index contributed by atoms with van der Waals surface area (Å²) in [5.74, 6) is 0. The van der Waals surface area contributed by atoms with E-state index in [2.05, 4.69) is 11.9 Å². The summed E-state index contributed by atoms with van der Waals surface area (Å²) in [5, 5.41) is 9.50. The minimum Gasteiger partial charge on any atom is -0.392 e. The Hall–Kier alpha value is -0.600. The number of pyridine rings is 1. The predicted molar refractivity (Wildman–Crippen MR) is 53.8 cm³/mol. The third-order valence-corrected chi connectivity index (χ3v) is 2.38. The zero-order chi connectivity index (χ0) is 9.68. The highest BCUT2D eigenvalue weighted by Gasteiger charge is 2.05. The zero-order valence-electron chi connectivity index (χ0n) is 7.76. The number of aromatic nitrogens is 1. The van der Waals surface area contributed by atoms with Crippen LogP contribution in [0.4, 0.5) is 0 Å². The van der Waals surface area contributed by atoms with E-state index in [9.17, 15) is 0 Å². The van der Waals surface area contributed by atoms with Crippen molar-refractivity contribution in [2.45, 2.75) is 32.8 Å². The van der Waals surface area contributed by atoms with Gasteiger partial charge in [-0.05, 0) is 24.5 Å². The molecule has 0 fully saturated rings. The Morgan fingerprint density at radius 1 is 1.54 bits per heavy atom. The first-order chi connectivity index (χ1) is 6.29. The molecule has 0 atom stereocenters. The lowest BCUT2D eigenvalue weighted by atomic mass is 10.1. The van der Waals surface area contributed by atoms with Crippen LogP contribution in [0.3, 0.4) is 0 Å². The molecule has 0 aliphatic rings. The van der Waals surface area contributed by atoms with Crippen LogP contribution in [0.25, 0.3) is 0 Å². The molecule has 0 saturated carbocycles. The summed E-state index contributed by atoms with van der Waals surface area (Å²) in [6, 6.07) is 1.92. The third kappa shape index (κ3) is 2.68.